The van der Waals surface area contributed by atoms with Gasteiger partial charge in [-0.25, -0.2) is 4.79 Å². The zero-order valence-corrected chi connectivity index (χ0v) is 19.1. The molecule has 0 spiro atoms. The van der Waals surface area contributed by atoms with Gasteiger partial charge in [-0.15, -0.1) is 15.0 Å². The standard InChI is InChI=1S/C20H28BClN4O4/c1-7-28-18(27)13(2)26-24-17(23-25-26)11-9-14-8-10-15(12-16(14)22)21-29-19(3,4)20(5,6)30-21/h8,10,12-13H,7,9,11H2,1-6H3/t13-/m0/s1. The van der Waals surface area contributed by atoms with E-state index in [1.54, 1.807) is 13.8 Å². The molecule has 1 aliphatic heterocycles. The molecule has 0 bridgehead atoms. The number of carbonyl (C=O) groups excluding carboxylic acids is 1. The molecule has 1 aromatic heterocycles. The average molecular weight is 435 g/mol. The molecule has 0 radical (unpaired) electrons. The summed E-state index contributed by atoms with van der Waals surface area (Å²) < 4.78 is 17.2. The highest BCUT2D eigenvalue weighted by Gasteiger charge is 2.51. The summed E-state index contributed by atoms with van der Waals surface area (Å²) in [6.07, 6.45) is 1.19. The van der Waals surface area contributed by atoms with Gasteiger partial charge in [-0.2, -0.15) is 0 Å². The van der Waals surface area contributed by atoms with E-state index in [9.17, 15) is 4.79 Å². The van der Waals surface area contributed by atoms with Crippen LogP contribution >= 0.6 is 11.6 Å². The maximum absolute atomic E-state index is 11.8. The number of rotatable bonds is 7. The Labute approximate surface area is 182 Å². The number of ether oxygens (including phenoxy) is 1. The first-order valence-corrected chi connectivity index (χ1v) is 10.5. The molecule has 0 unspecified atom stereocenters. The molecule has 10 heteroatoms. The molecular formula is C20H28BClN4O4. The normalized spacial score (nSPS) is 18.4. The van der Waals surface area contributed by atoms with Crippen LogP contribution in [0.15, 0.2) is 18.2 Å². The van der Waals surface area contributed by atoms with Gasteiger partial charge in [-0.3, -0.25) is 0 Å². The van der Waals surface area contributed by atoms with E-state index in [4.69, 9.17) is 25.6 Å². The van der Waals surface area contributed by atoms with Crippen molar-refractivity contribution in [1.82, 2.24) is 20.2 Å². The van der Waals surface area contributed by atoms with Crippen molar-refractivity contribution in [2.45, 2.75) is 71.6 Å². The minimum Gasteiger partial charge on any atom is -0.464 e. The minimum absolute atomic E-state index is 0.311. The molecule has 162 valence electrons. The summed E-state index contributed by atoms with van der Waals surface area (Å²) in [5.41, 5.74) is 1.04. The molecule has 2 heterocycles. The van der Waals surface area contributed by atoms with Crippen molar-refractivity contribution in [3.05, 3.63) is 34.6 Å². The van der Waals surface area contributed by atoms with Gasteiger partial charge in [0.05, 0.1) is 17.8 Å². The third kappa shape index (κ3) is 4.68. The SMILES string of the molecule is CCOC(=O)[C@H](C)n1nnc(CCc2ccc(B3OC(C)(C)C(C)(C)O3)cc2Cl)n1. The lowest BCUT2D eigenvalue weighted by Crippen LogP contribution is -2.41. The Hall–Kier alpha value is -1.97. The fourth-order valence-corrected chi connectivity index (χ4v) is 3.30. The van der Waals surface area contributed by atoms with E-state index in [2.05, 4.69) is 15.4 Å². The Morgan fingerprint density at radius 1 is 1.23 bits per heavy atom. The van der Waals surface area contributed by atoms with Gasteiger partial charge in [0.25, 0.3) is 0 Å². The third-order valence-corrected chi connectivity index (χ3v) is 6.02. The van der Waals surface area contributed by atoms with Crippen molar-refractivity contribution in [3.8, 4) is 0 Å². The Morgan fingerprint density at radius 3 is 2.50 bits per heavy atom. The van der Waals surface area contributed by atoms with Crippen LogP contribution in [0, 0.1) is 0 Å². The predicted octanol–water partition coefficient (Wildman–Crippen LogP) is 2.54. The number of carbonyl (C=O) groups is 1. The molecular weight excluding hydrogens is 407 g/mol. The van der Waals surface area contributed by atoms with Crippen LogP contribution in [0.5, 0.6) is 0 Å². The number of nitrogens with zero attached hydrogens (tertiary/aromatic N) is 4. The topological polar surface area (TPSA) is 88.4 Å². The van der Waals surface area contributed by atoms with Gasteiger partial charge in [0.15, 0.2) is 11.9 Å². The quantitative estimate of drug-likeness (QED) is 0.489. The van der Waals surface area contributed by atoms with Crippen molar-refractivity contribution in [2.75, 3.05) is 6.61 Å². The van der Waals surface area contributed by atoms with Crippen molar-refractivity contribution in [3.63, 3.8) is 0 Å². The molecule has 1 atom stereocenters. The number of hydrogen-bond donors (Lipinski definition) is 0. The number of hydrogen-bond acceptors (Lipinski definition) is 7. The van der Waals surface area contributed by atoms with Crippen LogP contribution in [0.2, 0.25) is 5.02 Å². The number of aryl methyl sites for hydroxylation is 2. The molecule has 1 fully saturated rings. The lowest BCUT2D eigenvalue weighted by Gasteiger charge is -2.32. The first-order valence-electron chi connectivity index (χ1n) is 10.1. The molecule has 0 aliphatic carbocycles. The Bertz CT molecular complexity index is 902. The summed E-state index contributed by atoms with van der Waals surface area (Å²) in [6.45, 7) is 11.8. The van der Waals surface area contributed by atoms with E-state index < -0.39 is 24.4 Å². The van der Waals surface area contributed by atoms with Gasteiger partial charge in [0, 0.05) is 11.4 Å². The number of benzene rings is 1. The number of tetrazole rings is 1. The fraction of sp³-hybridized carbons (Fsp3) is 0.600. The lowest BCUT2D eigenvalue weighted by molar-refractivity contribution is -0.147. The maximum atomic E-state index is 11.8. The first kappa shape index (κ1) is 22.7. The van der Waals surface area contributed by atoms with Crippen molar-refractivity contribution in [2.24, 2.45) is 0 Å². The summed E-state index contributed by atoms with van der Waals surface area (Å²) in [5.74, 6) is 0.153. The second-order valence-corrected chi connectivity index (χ2v) is 8.80. The van der Waals surface area contributed by atoms with Crippen LogP contribution < -0.4 is 5.46 Å². The largest absolute Gasteiger partial charge is 0.494 e. The molecule has 1 aromatic carbocycles. The Balaban J connectivity index is 1.63. The zero-order chi connectivity index (χ0) is 22.1. The smallest absolute Gasteiger partial charge is 0.464 e. The van der Waals surface area contributed by atoms with Crippen LogP contribution in [0.25, 0.3) is 0 Å². The van der Waals surface area contributed by atoms with Gasteiger partial charge in [0.2, 0.25) is 0 Å². The van der Waals surface area contributed by atoms with Crippen LogP contribution in [-0.4, -0.2) is 51.1 Å². The van der Waals surface area contributed by atoms with Crippen LogP contribution in [0.1, 0.15) is 59.0 Å². The monoisotopic (exact) mass is 434 g/mol. The van der Waals surface area contributed by atoms with Gasteiger partial charge in [-0.1, -0.05) is 23.7 Å². The van der Waals surface area contributed by atoms with Crippen LogP contribution in [-0.2, 0) is 31.7 Å². The summed E-state index contributed by atoms with van der Waals surface area (Å²) in [7, 11) is -0.451. The second-order valence-electron chi connectivity index (χ2n) is 8.39. The molecule has 0 amide bonds. The third-order valence-electron chi connectivity index (χ3n) is 5.66. The molecule has 3 rings (SSSR count). The van der Waals surface area contributed by atoms with Crippen LogP contribution in [0.4, 0.5) is 0 Å². The predicted molar refractivity (Wildman–Crippen MR) is 114 cm³/mol. The summed E-state index contributed by atoms with van der Waals surface area (Å²) in [6, 6.07) is 5.20. The Kier molecular flexibility index (Phi) is 6.55. The Morgan fingerprint density at radius 2 is 1.90 bits per heavy atom. The van der Waals surface area contributed by atoms with Gasteiger partial charge < -0.3 is 14.0 Å². The van der Waals surface area contributed by atoms with E-state index >= 15 is 0 Å². The molecule has 0 N–H and O–H groups in total. The van der Waals surface area contributed by atoms with E-state index in [0.29, 0.717) is 30.3 Å². The van der Waals surface area contributed by atoms with E-state index in [1.165, 1.54) is 4.80 Å². The first-order chi connectivity index (χ1) is 14.0. The highest BCUT2D eigenvalue weighted by Crippen LogP contribution is 2.36. The maximum Gasteiger partial charge on any atom is 0.494 e. The fourth-order valence-electron chi connectivity index (χ4n) is 3.02. The van der Waals surface area contributed by atoms with Gasteiger partial charge in [0.1, 0.15) is 0 Å². The van der Waals surface area contributed by atoms with E-state index in [-0.39, 0.29) is 5.97 Å². The highest BCUT2D eigenvalue weighted by molar-refractivity contribution is 6.62. The van der Waals surface area contributed by atoms with Crippen molar-refractivity contribution in [1.29, 1.82) is 0 Å². The molecule has 2 aromatic rings. The van der Waals surface area contributed by atoms with E-state index in [0.717, 1.165) is 11.0 Å². The van der Waals surface area contributed by atoms with Crippen molar-refractivity contribution >= 4 is 30.2 Å². The van der Waals surface area contributed by atoms with Gasteiger partial charge >= 0.3 is 13.1 Å². The number of halogens is 1. The minimum atomic E-state index is -0.617. The van der Waals surface area contributed by atoms with Crippen LogP contribution in [0.3, 0.4) is 0 Å². The molecule has 30 heavy (non-hydrogen) atoms. The summed E-state index contributed by atoms with van der Waals surface area (Å²) in [4.78, 5) is 13.1. The van der Waals surface area contributed by atoms with Gasteiger partial charge in [-0.05, 0) is 70.3 Å². The second kappa shape index (κ2) is 8.65. The average Bonchev–Trinajstić information content (AvgIpc) is 3.22. The summed E-state index contributed by atoms with van der Waals surface area (Å²) in [5, 5.41) is 12.9. The molecule has 1 saturated heterocycles. The van der Waals surface area contributed by atoms with E-state index in [1.807, 2.05) is 45.9 Å². The molecule has 8 nitrogen and oxygen atoms in total. The summed E-state index contributed by atoms with van der Waals surface area (Å²) >= 11 is 6.51. The molecule has 0 saturated carbocycles. The zero-order valence-electron chi connectivity index (χ0n) is 18.3. The molecule has 1 aliphatic rings. The number of aromatic nitrogens is 4. The van der Waals surface area contributed by atoms with Crippen molar-refractivity contribution < 1.29 is 18.8 Å². The lowest BCUT2D eigenvalue weighted by atomic mass is 9.78. The highest BCUT2D eigenvalue weighted by atomic mass is 35.5. The number of esters is 1.